The highest BCUT2D eigenvalue weighted by Crippen LogP contribution is 2.39. The van der Waals surface area contributed by atoms with Crippen molar-refractivity contribution in [1.29, 1.82) is 0 Å². The number of aliphatic carboxylic acids is 1. The summed E-state index contributed by atoms with van der Waals surface area (Å²) in [5, 5.41) is 19.6. The van der Waals surface area contributed by atoms with Crippen molar-refractivity contribution in [2.24, 2.45) is 5.73 Å². The van der Waals surface area contributed by atoms with Crippen LogP contribution in [0.15, 0.2) is 0 Å². The van der Waals surface area contributed by atoms with E-state index in [0.717, 1.165) is 36.8 Å². The summed E-state index contributed by atoms with van der Waals surface area (Å²) in [6.45, 7) is 3.78. The molecule has 104 valence electrons. The lowest BCUT2D eigenvalue weighted by Gasteiger charge is -2.26. The number of fused-ring (bicyclic) bond motifs is 1. The van der Waals surface area contributed by atoms with Gasteiger partial charge in [-0.05, 0) is 61.8 Å². The second-order valence-corrected chi connectivity index (χ2v) is 5.30. The number of nitrogens with two attached hydrogens (primary N) is 1. The molecular weight excluding hydrogens is 242 g/mol. The fourth-order valence-corrected chi connectivity index (χ4v) is 3.19. The zero-order valence-corrected chi connectivity index (χ0v) is 11.5. The molecule has 0 amide bonds. The zero-order valence-electron chi connectivity index (χ0n) is 11.5. The van der Waals surface area contributed by atoms with Crippen molar-refractivity contribution >= 4 is 5.97 Å². The number of phenolic OH excluding ortho intramolecular Hbond substituents is 1. The summed E-state index contributed by atoms with van der Waals surface area (Å²) >= 11 is 0. The molecule has 1 atom stereocenters. The molecule has 1 aromatic rings. The number of aromatic hydroxyl groups is 1. The highest BCUT2D eigenvalue weighted by Gasteiger charge is 2.28. The van der Waals surface area contributed by atoms with E-state index in [1.54, 1.807) is 0 Å². The Bertz CT molecular complexity index is 523. The average molecular weight is 263 g/mol. The molecule has 0 saturated carbocycles. The van der Waals surface area contributed by atoms with Crippen molar-refractivity contribution in [2.45, 2.75) is 45.4 Å². The molecule has 0 heterocycles. The summed E-state index contributed by atoms with van der Waals surface area (Å²) in [6, 6.07) is 0. The van der Waals surface area contributed by atoms with Crippen LogP contribution in [0.25, 0.3) is 0 Å². The molecule has 1 aliphatic carbocycles. The van der Waals surface area contributed by atoms with Crippen LogP contribution in [0.4, 0.5) is 0 Å². The molecule has 4 heteroatoms. The van der Waals surface area contributed by atoms with Gasteiger partial charge in [0.15, 0.2) is 0 Å². The lowest BCUT2D eigenvalue weighted by atomic mass is 9.80. The van der Waals surface area contributed by atoms with Crippen LogP contribution in [-0.4, -0.2) is 22.7 Å². The standard InChI is InChI=1S/C15H21NO3/c1-8-10-5-3-4-6-11(10)9(2)14(17)13(8)12(7-16)15(18)19/h12,17H,3-7,16H2,1-2H3,(H,18,19). The lowest BCUT2D eigenvalue weighted by Crippen LogP contribution is -2.23. The first kappa shape index (κ1) is 13.9. The van der Waals surface area contributed by atoms with Crippen LogP contribution in [0, 0.1) is 13.8 Å². The van der Waals surface area contributed by atoms with Gasteiger partial charge in [-0.2, -0.15) is 0 Å². The first-order valence-electron chi connectivity index (χ1n) is 6.75. The first-order chi connectivity index (χ1) is 8.99. The molecule has 0 bridgehead atoms. The van der Waals surface area contributed by atoms with Gasteiger partial charge in [-0.25, -0.2) is 0 Å². The van der Waals surface area contributed by atoms with Gasteiger partial charge >= 0.3 is 5.97 Å². The van der Waals surface area contributed by atoms with Gasteiger partial charge in [-0.1, -0.05) is 0 Å². The average Bonchev–Trinajstić information content (AvgIpc) is 2.40. The van der Waals surface area contributed by atoms with E-state index in [2.05, 4.69) is 0 Å². The minimum atomic E-state index is -0.976. The molecule has 0 saturated heterocycles. The smallest absolute Gasteiger partial charge is 0.312 e. The minimum absolute atomic E-state index is 0.00194. The van der Waals surface area contributed by atoms with E-state index < -0.39 is 11.9 Å². The molecule has 4 nitrogen and oxygen atoms in total. The van der Waals surface area contributed by atoms with Crippen molar-refractivity contribution in [1.82, 2.24) is 0 Å². The van der Waals surface area contributed by atoms with Gasteiger partial charge in [0.05, 0.1) is 5.92 Å². The van der Waals surface area contributed by atoms with E-state index in [0.29, 0.717) is 5.56 Å². The molecule has 1 unspecified atom stereocenters. The summed E-state index contributed by atoms with van der Waals surface area (Å²) < 4.78 is 0. The Labute approximate surface area is 113 Å². The van der Waals surface area contributed by atoms with E-state index >= 15 is 0 Å². The third-order valence-electron chi connectivity index (χ3n) is 4.27. The number of carboxylic acid groups (broad SMARTS) is 1. The van der Waals surface area contributed by atoms with Crippen LogP contribution in [0.5, 0.6) is 5.75 Å². The van der Waals surface area contributed by atoms with Crippen molar-refractivity contribution in [3.63, 3.8) is 0 Å². The topological polar surface area (TPSA) is 83.5 Å². The fourth-order valence-electron chi connectivity index (χ4n) is 3.19. The summed E-state index contributed by atoms with van der Waals surface area (Å²) in [7, 11) is 0. The Morgan fingerprint density at radius 2 is 1.74 bits per heavy atom. The van der Waals surface area contributed by atoms with Gasteiger partial charge in [0.1, 0.15) is 5.75 Å². The Morgan fingerprint density at radius 1 is 1.21 bits per heavy atom. The second kappa shape index (κ2) is 5.21. The maximum Gasteiger partial charge on any atom is 0.312 e. The number of benzene rings is 1. The number of hydrogen-bond acceptors (Lipinski definition) is 3. The van der Waals surface area contributed by atoms with Gasteiger partial charge in [0, 0.05) is 12.1 Å². The van der Waals surface area contributed by atoms with Crippen LogP contribution in [0.1, 0.15) is 46.6 Å². The molecular formula is C15H21NO3. The Balaban J connectivity index is 2.68. The van der Waals surface area contributed by atoms with Crippen LogP contribution >= 0.6 is 0 Å². The van der Waals surface area contributed by atoms with Crippen molar-refractivity contribution in [3.8, 4) is 5.75 Å². The molecule has 19 heavy (non-hydrogen) atoms. The number of carboxylic acids is 1. The first-order valence-corrected chi connectivity index (χ1v) is 6.75. The van der Waals surface area contributed by atoms with Gasteiger partial charge < -0.3 is 15.9 Å². The van der Waals surface area contributed by atoms with Crippen molar-refractivity contribution in [3.05, 3.63) is 27.8 Å². The highest BCUT2D eigenvalue weighted by atomic mass is 16.4. The minimum Gasteiger partial charge on any atom is -0.507 e. The van der Waals surface area contributed by atoms with Gasteiger partial charge in [-0.15, -0.1) is 0 Å². The fraction of sp³-hybridized carbons (Fsp3) is 0.533. The van der Waals surface area contributed by atoms with E-state index in [4.69, 9.17) is 5.73 Å². The van der Waals surface area contributed by atoms with Gasteiger partial charge in [0.25, 0.3) is 0 Å². The number of hydrogen-bond donors (Lipinski definition) is 3. The zero-order chi connectivity index (χ0) is 14.2. The van der Waals surface area contributed by atoms with Crippen LogP contribution in [-0.2, 0) is 17.6 Å². The van der Waals surface area contributed by atoms with Gasteiger partial charge in [-0.3, -0.25) is 4.79 Å². The third kappa shape index (κ3) is 2.21. The molecule has 1 aliphatic rings. The maximum absolute atomic E-state index is 11.3. The predicted octanol–water partition coefficient (Wildman–Crippen LogP) is 2.01. The molecule has 4 N–H and O–H groups in total. The molecule has 0 radical (unpaired) electrons. The second-order valence-electron chi connectivity index (χ2n) is 5.30. The summed E-state index contributed by atoms with van der Waals surface area (Å²) in [5.74, 6) is -1.68. The van der Waals surface area contributed by atoms with Crippen LogP contribution < -0.4 is 5.73 Å². The van der Waals surface area contributed by atoms with E-state index in [1.807, 2.05) is 13.8 Å². The van der Waals surface area contributed by atoms with Crippen molar-refractivity contribution < 1.29 is 15.0 Å². The largest absolute Gasteiger partial charge is 0.507 e. The van der Waals surface area contributed by atoms with Crippen LogP contribution in [0.2, 0.25) is 0 Å². The number of carbonyl (C=O) groups is 1. The predicted molar refractivity (Wildman–Crippen MR) is 73.7 cm³/mol. The van der Waals surface area contributed by atoms with E-state index in [1.165, 1.54) is 11.1 Å². The SMILES string of the molecule is Cc1c(O)c(C(CN)C(=O)O)c(C)c2c1CCCC2. The molecule has 0 aliphatic heterocycles. The Morgan fingerprint density at radius 3 is 2.21 bits per heavy atom. The quantitative estimate of drug-likeness (QED) is 0.779. The van der Waals surface area contributed by atoms with Crippen molar-refractivity contribution in [2.75, 3.05) is 6.54 Å². The summed E-state index contributed by atoms with van der Waals surface area (Å²) in [5.41, 5.74) is 10.2. The Hall–Kier alpha value is -1.55. The maximum atomic E-state index is 11.3. The van der Waals surface area contributed by atoms with E-state index in [9.17, 15) is 15.0 Å². The van der Waals surface area contributed by atoms with Crippen LogP contribution in [0.3, 0.4) is 0 Å². The highest BCUT2D eigenvalue weighted by molar-refractivity contribution is 5.79. The molecule has 0 spiro atoms. The van der Waals surface area contributed by atoms with E-state index in [-0.39, 0.29) is 12.3 Å². The molecule has 0 fully saturated rings. The number of rotatable bonds is 3. The summed E-state index contributed by atoms with van der Waals surface area (Å²) in [4.78, 5) is 11.3. The molecule has 2 rings (SSSR count). The summed E-state index contributed by atoms with van der Waals surface area (Å²) in [6.07, 6.45) is 4.19. The Kier molecular flexibility index (Phi) is 3.80. The normalized spacial score (nSPS) is 15.9. The lowest BCUT2D eigenvalue weighted by molar-refractivity contribution is -0.138. The molecule has 1 aromatic carbocycles. The third-order valence-corrected chi connectivity index (χ3v) is 4.27. The monoisotopic (exact) mass is 263 g/mol. The molecule has 0 aromatic heterocycles. The van der Waals surface area contributed by atoms with Gasteiger partial charge in [0.2, 0.25) is 0 Å². The number of phenols is 1.